The van der Waals surface area contributed by atoms with E-state index in [4.69, 9.17) is 15.2 Å². The number of amidine groups is 1. The largest absolute Gasteiger partial charge is 0.496 e. The molecule has 0 aromatic heterocycles. The molecule has 0 amide bonds. The smallest absolute Gasteiger partial charge is 0.283 e. The van der Waals surface area contributed by atoms with Crippen molar-refractivity contribution >= 4 is 6.02 Å². The van der Waals surface area contributed by atoms with E-state index in [1.54, 1.807) is 7.11 Å². The second-order valence-corrected chi connectivity index (χ2v) is 3.71. The van der Waals surface area contributed by atoms with Gasteiger partial charge in [-0.15, -0.1) is 0 Å². The van der Waals surface area contributed by atoms with E-state index >= 15 is 0 Å². The zero-order valence-electron chi connectivity index (χ0n) is 8.86. The number of para-hydroxylation sites is 1. The van der Waals surface area contributed by atoms with Crippen molar-refractivity contribution in [1.29, 1.82) is 0 Å². The Morgan fingerprint density at radius 3 is 2.80 bits per heavy atom. The van der Waals surface area contributed by atoms with Crippen molar-refractivity contribution in [2.24, 2.45) is 10.7 Å². The molecule has 1 aromatic carbocycles. The maximum absolute atomic E-state index is 5.53. The summed E-state index contributed by atoms with van der Waals surface area (Å²) in [5, 5.41) is 0. The first-order chi connectivity index (χ1) is 7.15. The van der Waals surface area contributed by atoms with Crippen molar-refractivity contribution in [2.45, 2.75) is 12.5 Å². The zero-order chi connectivity index (χ0) is 10.9. The number of hydrogen-bond donors (Lipinski definition) is 1. The molecule has 1 aliphatic heterocycles. The van der Waals surface area contributed by atoms with E-state index in [0.29, 0.717) is 6.61 Å². The Morgan fingerprint density at radius 1 is 1.47 bits per heavy atom. The average molecular weight is 206 g/mol. The van der Waals surface area contributed by atoms with Crippen LogP contribution in [0.25, 0.3) is 0 Å². The summed E-state index contributed by atoms with van der Waals surface area (Å²) in [7, 11) is 1.64. The van der Waals surface area contributed by atoms with Crippen molar-refractivity contribution in [3.8, 4) is 5.75 Å². The maximum atomic E-state index is 5.53. The van der Waals surface area contributed by atoms with E-state index in [0.717, 1.165) is 11.3 Å². The predicted molar refractivity (Wildman–Crippen MR) is 57.9 cm³/mol. The summed E-state index contributed by atoms with van der Waals surface area (Å²) in [5.41, 5.74) is 6.09. The molecule has 1 unspecified atom stereocenters. The molecule has 0 fully saturated rings. The van der Waals surface area contributed by atoms with Crippen LogP contribution in [0.3, 0.4) is 0 Å². The van der Waals surface area contributed by atoms with Gasteiger partial charge in [-0.05, 0) is 13.0 Å². The van der Waals surface area contributed by atoms with Gasteiger partial charge in [-0.25, -0.2) is 4.99 Å². The molecule has 80 valence electrons. The molecule has 0 saturated carbocycles. The Morgan fingerprint density at radius 2 is 2.20 bits per heavy atom. The van der Waals surface area contributed by atoms with Crippen LogP contribution >= 0.6 is 0 Å². The zero-order valence-corrected chi connectivity index (χ0v) is 8.86. The number of aliphatic imine (C=N–C) groups is 1. The Balaban J connectivity index is 2.45. The van der Waals surface area contributed by atoms with Gasteiger partial charge in [-0.2, -0.15) is 0 Å². The number of benzene rings is 1. The van der Waals surface area contributed by atoms with Crippen LogP contribution in [-0.4, -0.2) is 19.7 Å². The van der Waals surface area contributed by atoms with E-state index in [-0.39, 0.29) is 6.02 Å². The first kappa shape index (κ1) is 9.83. The molecular weight excluding hydrogens is 192 g/mol. The molecule has 2 rings (SSSR count). The lowest BCUT2D eigenvalue weighted by atomic mass is 9.93. The van der Waals surface area contributed by atoms with Crippen LogP contribution in [0.5, 0.6) is 5.75 Å². The first-order valence-corrected chi connectivity index (χ1v) is 4.77. The molecule has 15 heavy (non-hydrogen) atoms. The average Bonchev–Trinajstić information content (AvgIpc) is 2.60. The summed E-state index contributed by atoms with van der Waals surface area (Å²) in [4.78, 5) is 4.29. The molecule has 1 atom stereocenters. The Bertz CT molecular complexity index is 403. The van der Waals surface area contributed by atoms with Gasteiger partial charge in [0.05, 0.1) is 7.11 Å². The minimum absolute atomic E-state index is 0.239. The highest BCUT2D eigenvalue weighted by Crippen LogP contribution is 2.35. The van der Waals surface area contributed by atoms with Crippen molar-refractivity contribution in [1.82, 2.24) is 0 Å². The third-order valence-corrected chi connectivity index (χ3v) is 2.55. The number of methoxy groups -OCH3 is 1. The van der Waals surface area contributed by atoms with Gasteiger partial charge in [0.2, 0.25) is 0 Å². The number of nitrogens with two attached hydrogens (primary N) is 1. The van der Waals surface area contributed by atoms with Crippen molar-refractivity contribution in [2.75, 3.05) is 13.7 Å². The fraction of sp³-hybridized carbons (Fsp3) is 0.364. The minimum atomic E-state index is -0.434. The molecule has 0 aliphatic carbocycles. The van der Waals surface area contributed by atoms with E-state index in [1.165, 1.54) is 0 Å². The Kier molecular flexibility index (Phi) is 2.26. The van der Waals surface area contributed by atoms with Gasteiger partial charge in [0.25, 0.3) is 6.02 Å². The molecule has 4 nitrogen and oxygen atoms in total. The third kappa shape index (κ3) is 1.63. The highest BCUT2D eigenvalue weighted by Gasteiger charge is 2.35. The van der Waals surface area contributed by atoms with Gasteiger partial charge < -0.3 is 15.2 Å². The number of hydrogen-bond acceptors (Lipinski definition) is 4. The topological polar surface area (TPSA) is 56.8 Å². The molecule has 0 bridgehead atoms. The fourth-order valence-electron chi connectivity index (χ4n) is 1.75. The van der Waals surface area contributed by atoms with E-state index in [2.05, 4.69) is 4.99 Å². The van der Waals surface area contributed by atoms with Crippen molar-refractivity contribution in [3.05, 3.63) is 29.8 Å². The van der Waals surface area contributed by atoms with Gasteiger partial charge in [0, 0.05) is 5.56 Å². The lowest BCUT2D eigenvalue weighted by molar-refractivity contribution is 0.261. The third-order valence-electron chi connectivity index (χ3n) is 2.55. The van der Waals surface area contributed by atoms with Gasteiger partial charge in [0.15, 0.2) is 0 Å². The quantitative estimate of drug-likeness (QED) is 0.792. The van der Waals surface area contributed by atoms with Crippen LogP contribution < -0.4 is 10.5 Å². The first-order valence-electron chi connectivity index (χ1n) is 4.77. The lowest BCUT2D eigenvalue weighted by Gasteiger charge is -2.21. The maximum Gasteiger partial charge on any atom is 0.283 e. The second-order valence-electron chi connectivity index (χ2n) is 3.71. The summed E-state index contributed by atoms with van der Waals surface area (Å²) < 4.78 is 10.5. The number of rotatable bonds is 2. The minimum Gasteiger partial charge on any atom is -0.496 e. The Hall–Kier alpha value is -1.71. The van der Waals surface area contributed by atoms with Crippen molar-refractivity contribution < 1.29 is 9.47 Å². The number of ether oxygens (including phenoxy) is 2. The van der Waals surface area contributed by atoms with E-state index in [9.17, 15) is 0 Å². The second kappa shape index (κ2) is 3.46. The molecule has 0 saturated heterocycles. The summed E-state index contributed by atoms with van der Waals surface area (Å²) in [5.74, 6) is 0.807. The summed E-state index contributed by atoms with van der Waals surface area (Å²) in [6, 6.07) is 8.00. The molecule has 2 N–H and O–H groups in total. The predicted octanol–water partition coefficient (Wildman–Crippen LogP) is 1.26. The molecular formula is C11H14N2O2. The van der Waals surface area contributed by atoms with Gasteiger partial charge in [0.1, 0.15) is 17.9 Å². The highest BCUT2D eigenvalue weighted by atomic mass is 16.5. The van der Waals surface area contributed by atoms with Crippen LogP contribution in [-0.2, 0) is 10.3 Å². The lowest BCUT2D eigenvalue weighted by Crippen LogP contribution is -2.21. The SMILES string of the molecule is COc1ccccc1C1(C)COC(N)=N1. The number of nitrogens with zero attached hydrogens (tertiary/aromatic N) is 1. The van der Waals surface area contributed by atoms with E-state index < -0.39 is 5.54 Å². The van der Waals surface area contributed by atoms with Crippen LogP contribution in [0.2, 0.25) is 0 Å². The monoisotopic (exact) mass is 206 g/mol. The molecule has 4 heteroatoms. The fourth-order valence-corrected chi connectivity index (χ4v) is 1.75. The molecule has 1 heterocycles. The standard InChI is InChI=1S/C11H14N2O2/c1-11(7-15-10(12)13-11)8-5-3-4-6-9(8)14-2/h3-6H,7H2,1-2H3,(H2,12,13). The van der Waals surface area contributed by atoms with Gasteiger partial charge in [-0.3, -0.25) is 0 Å². The van der Waals surface area contributed by atoms with Crippen molar-refractivity contribution in [3.63, 3.8) is 0 Å². The van der Waals surface area contributed by atoms with Crippen LogP contribution in [0.4, 0.5) is 0 Å². The molecule has 1 aromatic rings. The summed E-state index contributed by atoms with van der Waals surface area (Å²) in [6.45, 7) is 2.43. The van der Waals surface area contributed by atoms with E-state index in [1.807, 2.05) is 31.2 Å². The Labute approximate surface area is 88.7 Å². The highest BCUT2D eigenvalue weighted by molar-refractivity contribution is 5.74. The molecule has 0 spiro atoms. The van der Waals surface area contributed by atoms with Crippen LogP contribution in [0.15, 0.2) is 29.3 Å². The van der Waals surface area contributed by atoms with Crippen LogP contribution in [0, 0.1) is 0 Å². The van der Waals surface area contributed by atoms with Gasteiger partial charge in [-0.1, -0.05) is 18.2 Å². The normalized spacial score (nSPS) is 24.5. The van der Waals surface area contributed by atoms with Gasteiger partial charge >= 0.3 is 0 Å². The summed E-state index contributed by atoms with van der Waals surface area (Å²) >= 11 is 0. The summed E-state index contributed by atoms with van der Waals surface area (Å²) in [6.07, 6.45) is 0. The molecule has 1 aliphatic rings. The molecule has 0 radical (unpaired) electrons. The van der Waals surface area contributed by atoms with Crippen LogP contribution in [0.1, 0.15) is 12.5 Å².